The number of rotatable bonds is 6. The van der Waals surface area contributed by atoms with E-state index in [0.29, 0.717) is 35.4 Å². The number of alkyl halides is 3. The third kappa shape index (κ3) is 4.11. The van der Waals surface area contributed by atoms with Gasteiger partial charge >= 0.3 is 12.1 Å². The highest BCUT2D eigenvalue weighted by Gasteiger charge is 2.41. The number of carbonyl (C=O) groups is 1. The average Bonchev–Trinajstić information content (AvgIpc) is 3.03. The molecule has 2 aliphatic rings. The fourth-order valence-electron chi connectivity index (χ4n) is 3.97. The van der Waals surface area contributed by atoms with Gasteiger partial charge in [0.25, 0.3) is 0 Å². The van der Waals surface area contributed by atoms with Crippen molar-refractivity contribution in [3.8, 4) is 11.4 Å². The number of aromatic nitrogens is 2. The van der Waals surface area contributed by atoms with E-state index < -0.39 is 12.1 Å². The topological polar surface area (TPSA) is 59.2 Å². The van der Waals surface area contributed by atoms with E-state index in [4.69, 9.17) is 0 Å². The monoisotopic (exact) mass is 393 g/mol. The molecule has 0 radical (unpaired) electrons. The first-order valence-corrected chi connectivity index (χ1v) is 9.60. The molecule has 0 bridgehead atoms. The standard InChI is InChI=1S/C20H22F3N3O2/c1-12-3-2-8-26(12)11-16-9-15(16)10-17(27)13-4-6-14(7-5-13)18-24-19(28-25-18)20(21,22)23/h4-7,12,15-16H,2-3,8-11H2,1H3/t12-,15?,16?/m0/s1. The maximum atomic E-state index is 12.6. The Bertz CT molecular complexity index is 847. The van der Waals surface area contributed by atoms with Gasteiger partial charge in [-0.1, -0.05) is 29.4 Å². The third-order valence-corrected chi connectivity index (χ3v) is 5.81. The predicted octanol–water partition coefficient (Wildman–Crippen LogP) is 4.45. The zero-order chi connectivity index (χ0) is 19.9. The molecule has 0 amide bonds. The second-order valence-electron chi connectivity index (χ2n) is 7.87. The molecule has 2 heterocycles. The summed E-state index contributed by atoms with van der Waals surface area (Å²) in [4.78, 5) is 18.4. The lowest BCUT2D eigenvalue weighted by molar-refractivity contribution is -0.159. The largest absolute Gasteiger partial charge is 0.471 e. The Hall–Kier alpha value is -2.22. The van der Waals surface area contributed by atoms with E-state index in [1.54, 1.807) is 24.3 Å². The van der Waals surface area contributed by atoms with Gasteiger partial charge in [0.2, 0.25) is 5.82 Å². The van der Waals surface area contributed by atoms with Gasteiger partial charge in [-0.25, -0.2) is 0 Å². The van der Waals surface area contributed by atoms with Crippen LogP contribution in [0, 0.1) is 11.8 Å². The van der Waals surface area contributed by atoms with Crippen LogP contribution in [0.3, 0.4) is 0 Å². The van der Waals surface area contributed by atoms with Gasteiger partial charge < -0.3 is 9.42 Å². The number of hydrogen-bond acceptors (Lipinski definition) is 5. The van der Waals surface area contributed by atoms with Crippen molar-refractivity contribution in [1.29, 1.82) is 0 Å². The Kier molecular flexibility index (Phi) is 4.99. The van der Waals surface area contributed by atoms with Crippen LogP contribution in [0.1, 0.15) is 48.9 Å². The number of halogens is 3. The minimum Gasteiger partial charge on any atom is -0.329 e. The Morgan fingerprint density at radius 2 is 2.00 bits per heavy atom. The molecule has 2 fully saturated rings. The molecule has 4 rings (SSSR count). The molecule has 1 aliphatic heterocycles. The summed E-state index contributed by atoms with van der Waals surface area (Å²) in [5.74, 6) is -0.420. The summed E-state index contributed by atoms with van der Waals surface area (Å²) in [6.07, 6.45) is -0.542. The molecule has 5 nitrogen and oxygen atoms in total. The van der Waals surface area contributed by atoms with Gasteiger partial charge in [-0.2, -0.15) is 18.2 Å². The number of hydrogen-bond donors (Lipinski definition) is 0. The molecule has 1 saturated heterocycles. The first-order valence-electron chi connectivity index (χ1n) is 9.60. The van der Waals surface area contributed by atoms with Crippen LogP contribution >= 0.6 is 0 Å². The Morgan fingerprint density at radius 3 is 2.61 bits per heavy atom. The lowest BCUT2D eigenvalue weighted by Crippen LogP contribution is -2.29. The van der Waals surface area contributed by atoms with Gasteiger partial charge in [-0.3, -0.25) is 4.79 Å². The van der Waals surface area contributed by atoms with Crippen molar-refractivity contribution in [2.75, 3.05) is 13.1 Å². The highest BCUT2D eigenvalue weighted by atomic mass is 19.4. The zero-order valence-corrected chi connectivity index (χ0v) is 15.6. The summed E-state index contributed by atoms with van der Waals surface area (Å²) in [5.41, 5.74) is 0.937. The van der Waals surface area contributed by atoms with Crippen LogP contribution in [0.4, 0.5) is 13.2 Å². The normalized spacial score (nSPS) is 25.2. The van der Waals surface area contributed by atoms with Gasteiger partial charge in [-0.15, -0.1) is 0 Å². The molecule has 2 unspecified atom stereocenters. The molecule has 1 saturated carbocycles. The van der Waals surface area contributed by atoms with Crippen LogP contribution in [-0.4, -0.2) is 40.0 Å². The van der Waals surface area contributed by atoms with Gasteiger partial charge in [0.1, 0.15) is 0 Å². The van der Waals surface area contributed by atoms with Crippen LogP contribution in [0.5, 0.6) is 0 Å². The fraction of sp³-hybridized carbons (Fsp3) is 0.550. The summed E-state index contributed by atoms with van der Waals surface area (Å²) in [6.45, 7) is 4.50. The summed E-state index contributed by atoms with van der Waals surface area (Å²) in [5, 5.41) is 3.35. The van der Waals surface area contributed by atoms with E-state index in [1.807, 2.05) is 0 Å². The summed E-state index contributed by atoms with van der Waals surface area (Å²) in [7, 11) is 0. The minimum atomic E-state index is -4.67. The maximum absolute atomic E-state index is 12.6. The van der Waals surface area contributed by atoms with Crippen molar-refractivity contribution in [2.24, 2.45) is 11.8 Å². The van der Waals surface area contributed by atoms with Crippen molar-refractivity contribution >= 4 is 5.78 Å². The van der Waals surface area contributed by atoms with E-state index in [0.717, 1.165) is 19.5 Å². The molecule has 28 heavy (non-hydrogen) atoms. The lowest BCUT2D eigenvalue weighted by atomic mass is 10.0. The number of carbonyl (C=O) groups excluding carboxylic acids is 1. The molecule has 3 atom stereocenters. The van der Waals surface area contributed by atoms with Crippen molar-refractivity contribution in [3.05, 3.63) is 35.7 Å². The smallest absolute Gasteiger partial charge is 0.329 e. The SMILES string of the molecule is C[C@H]1CCCN1CC1CC1CC(=O)c1ccc(-c2noc(C(F)(F)F)n2)cc1. The summed E-state index contributed by atoms with van der Waals surface area (Å²) >= 11 is 0. The maximum Gasteiger partial charge on any atom is 0.471 e. The van der Waals surface area contributed by atoms with E-state index in [9.17, 15) is 18.0 Å². The van der Waals surface area contributed by atoms with Gasteiger partial charge in [0.05, 0.1) is 0 Å². The Labute approximate surface area is 160 Å². The van der Waals surface area contributed by atoms with Crippen LogP contribution in [0.2, 0.25) is 0 Å². The van der Waals surface area contributed by atoms with Gasteiger partial charge in [0, 0.05) is 30.1 Å². The molecule has 1 aliphatic carbocycles. The minimum absolute atomic E-state index is 0.0672. The van der Waals surface area contributed by atoms with E-state index in [-0.39, 0.29) is 11.6 Å². The molecule has 1 aromatic carbocycles. The van der Waals surface area contributed by atoms with Gasteiger partial charge in [-0.05, 0) is 44.6 Å². The number of likely N-dealkylation sites (tertiary alicyclic amines) is 1. The van der Waals surface area contributed by atoms with Crippen molar-refractivity contribution in [1.82, 2.24) is 15.0 Å². The van der Waals surface area contributed by atoms with Crippen LogP contribution < -0.4 is 0 Å². The highest BCUT2D eigenvalue weighted by molar-refractivity contribution is 5.96. The molecule has 0 spiro atoms. The molecular weight excluding hydrogens is 371 g/mol. The quantitative estimate of drug-likeness (QED) is 0.679. The van der Waals surface area contributed by atoms with Gasteiger partial charge in [0.15, 0.2) is 5.78 Å². The van der Waals surface area contributed by atoms with Crippen molar-refractivity contribution < 1.29 is 22.5 Å². The Balaban J connectivity index is 1.33. The molecule has 1 aromatic heterocycles. The highest BCUT2D eigenvalue weighted by Crippen LogP contribution is 2.43. The lowest BCUT2D eigenvalue weighted by Gasteiger charge is -2.20. The molecular formula is C20H22F3N3O2. The number of Topliss-reactive ketones (excluding diaryl/α,β-unsaturated/α-hetero) is 1. The van der Waals surface area contributed by atoms with E-state index in [1.165, 1.54) is 12.8 Å². The van der Waals surface area contributed by atoms with Crippen molar-refractivity contribution in [3.63, 3.8) is 0 Å². The first kappa shape index (κ1) is 19.1. The molecule has 2 aromatic rings. The van der Waals surface area contributed by atoms with Crippen LogP contribution in [0.25, 0.3) is 11.4 Å². The van der Waals surface area contributed by atoms with E-state index >= 15 is 0 Å². The third-order valence-electron chi connectivity index (χ3n) is 5.81. The second-order valence-corrected chi connectivity index (χ2v) is 7.87. The average molecular weight is 393 g/mol. The number of ketones is 1. The predicted molar refractivity (Wildman–Crippen MR) is 95.5 cm³/mol. The Morgan fingerprint density at radius 1 is 1.25 bits per heavy atom. The zero-order valence-electron chi connectivity index (χ0n) is 15.6. The fourth-order valence-corrected chi connectivity index (χ4v) is 3.97. The van der Waals surface area contributed by atoms with Crippen molar-refractivity contribution in [2.45, 2.75) is 44.8 Å². The summed E-state index contributed by atoms with van der Waals surface area (Å²) < 4.78 is 41.9. The summed E-state index contributed by atoms with van der Waals surface area (Å²) in [6, 6.07) is 6.97. The van der Waals surface area contributed by atoms with Crippen LogP contribution in [-0.2, 0) is 6.18 Å². The number of benzene rings is 1. The molecule has 0 N–H and O–H groups in total. The number of nitrogens with zero attached hydrogens (tertiary/aromatic N) is 3. The molecule has 8 heteroatoms. The first-order chi connectivity index (χ1) is 13.3. The van der Waals surface area contributed by atoms with Crippen LogP contribution in [0.15, 0.2) is 28.8 Å². The second kappa shape index (κ2) is 7.31. The molecule has 150 valence electrons. The van der Waals surface area contributed by atoms with E-state index in [2.05, 4.69) is 26.5 Å².